The Labute approximate surface area is 238 Å². The topological polar surface area (TPSA) is 71.5 Å². The van der Waals surface area contributed by atoms with Crippen LogP contribution in [-0.4, -0.2) is 37.1 Å². The first-order valence-electron chi connectivity index (χ1n) is 13.7. The quantitative estimate of drug-likeness (QED) is 0.239. The number of alkyl carbamates (subject to hydrolysis) is 1. The summed E-state index contributed by atoms with van der Waals surface area (Å²) in [6.45, 7) is 4.71. The summed E-state index contributed by atoms with van der Waals surface area (Å²) in [7, 11) is 0. The van der Waals surface area contributed by atoms with E-state index < -0.39 is 6.09 Å². The molecule has 6 nitrogen and oxygen atoms in total. The average molecular weight is 550 g/mol. The zero-order chi connectivity index (χ0) is 27.5. The van der Waals surface area contributed by atoms with Gasteiger partial charge in [-0.2, -0.15) is 0 Å². The molecule has 3 aromatic carbocycles. The van der Waals surface area contributed by atoms with Gasteiger partial charge in [0, 0.05) is 47.9 Å². The Morgan fingerprint density at radius 2 is 1.73 bits per heavy atom. The molecule has 2 heterocycles. The van der Waals surface area contributed by atoms with Crippen LogP contribution in [0.5, 0.6) is 0 Å². The number of aldehydes is 1. The van der Waals surface area contributed by atoms with Crippen molar-refractivity contribution in [3.63, 3.8) is 0 Å². The van der Waals surface area contributed by atoms with Gasteiger partial charge in [0.2, 0.25) is 0 Å². The van der Waals surface area contributed by atoms with E-state index in [1.54, 1.807) is 18.3 Å². The molecule has 1 aliphatic carbocycles. The number of carbonyl (C=O) groups excluding carboxylic acids is 2. The van der Waals surface area contributed by atoms with Crippen LogP contribution < -0.4 is 10.2 Å². The van der Waals surface area contributed by atoms with Crippen molar-refractivity contribution in [1.82, 2.24) is 10.3 Å². The number of rotatable bonds is 8. The molecule has 0 radical (unpaired) electrons. The molecule has 4 aromatic rings. The smallest absolute Gasteiger partial charge is 0.407 e. The van der Waals surface area contributed by atoms with Gasteiger partial charge in [-0.1, -0.05) is 60.3 Å². The Hall–Kier alpha value is -4.10. The van der Waals surface area contributed by atoms with Gasteiger partial charge in [-0.3, -0.25) is 4.79 Å². The molecular formula is C33H31N3O3S. The molecule has 0 atom stereocenters. The normalized spacial score (nSPS) is 14.1. The molecule has 1 aliphatic heterocycles. The Balaban J connectivity index is 1.20. The number of ether oxygens (including phenoxy) is 1. The van der Waals surface area contributed by atoms with E-state index in [-0.39, 0.29) is 12.5 Å². The molecule has 0 bridgehead atoms. The number of aryl methyl sites for hydroxylation is 1. The van der Waals surface area contributed by atoms with Crippen LogP contribution in [0.25, 0.3) is 11.1 Å². The van der Waals surface area contributed by atoms with E-state index in [0.29, 0.717) is 17.1 Å². The van der Waals surface area contributed by atoms with Crippen LogP contribution >= 0.6 is 11.8 Å². The summed E-state index contributed by atoms with van der Waals surface area (Å²) in [6.07, 6.45) is 4.43. The van der Waals surface area contributed by atoms with Crippen molar-refractivity contribution in [3.8, 4) is 11.1 Å². The third-order valence-electron chi connectivity index (χ3n) is 7.70. The van der Waals surface area contributed by atoms with E-state index in [4.69, 9.17) is 4.74 Å². The second kappa shape index (κ2) is 11.6. The summed E-state index contributed by atoms with van der Waals surface area (Å²) in [6, 6.07) is 24.5. The van der Waals surface area contributed by atoms with E-state index >= 15 is 0 Å². The predicted molar refractivity (Wildman–Crippen MR) is 158 cm³/mol. The van der Waals surface area contributed by atoms with Gasteiger partial charge < -0.3 is 15.0 Å². The van der Waals surface area contributed by atoms with Crippen LogP contribution in [0, 0.1) is 6.92 Å². The number of hydrogen-bond donors (Lipinski definition) is 1. The fourth-order valence-corrected chi connectivity index (χ4v) is 6.78. The van der Waals surface area contributed by atoms with Crippen molar-refractivity contribution >= 4 is 29.8 Å². The minimum absolute atomic E-state index is 0.0101. The molecule has 1 fully saturated rings. The molecule has 0 spiro atoms. The number of pyridine rings is 1. The maximum absolute atomic E-state index is 13.0. The van der Waals surface area contributed by atoms with Crippen LogP contribution in [0.15, 0.2) is 88.9 Å². The maximum atomic E-state index is 13.0. The third-order valence-corrected chi connectivity index (χ3v) is 9.02. The lowest BCUT2D eigenvalue weighted by atomic mass is 9.98. The first-order valence-corrected chi connectivity index (χ1v) is 14.5. The number of carbonyl (C=O) groups is 2. The lowest BCUT2D eigenvalue weighted by Crippen LogP contribution is -2.26. The second-order valence-corrected chi connectivity index (χ2v) is 11.2. The van der Waals surface area contributed by atoms with Gasteiger partial charge in [-0.15, -0.1) is 0 Å². The zero-order valence-corrected chi connectivity index (χ0v) is 23.2. The van der Waals surface area contributed by atoms with Crippen molar-refractivity contribution in [1.29, 1.82) is 0 Å². The van der Waals surface area contributed by atoms with E-state index in [0.717, 1.165) is 41.1 Å². The highest BCUT2D eigenvalue weighted by Crippen LogP contribution is 2.44. The minimum Gasteiger partial charge on any atom is -0.449 e. The number of amides is 1. The molecule has 7 heteroatoms. The molecule has 2 aliphatic rings. The molecule has 1 amide bonds. The van der Waals surface area contributed by atoms with Crippen molar-refractivity contribution in [2.75, 3.05) is 24.6 Å². The van der Waals surface area contributed by atoms with Crippen molar-refractivity contribution in [3.05, 3.63) is 107 Å². The number of benzene rings is 3. The molecule has 0 saturated carbocycles. The molecule has 0 unspecified atom stereocenters. The van der Waals surface area contributed by atoms with E-state index in [2.05, 4.69) is 58.5 Å². The predicted octanol–water partition coefficient (Wildman–Crippen LogP) is 6.99. The number of anilines is 1. The fraction of sp³-hybridized carbons (Fsp3) is 0.242. The summed E-state index contributed by atoms with van der Waals surface area (Å²) in [4.78, 5) is 32.4. The molecule has 6 rings (SSSR count). The van der Waals surface area contributed by atoms with Crippen LogP contribution in [0.2, 0.25) is 0 Å². The number of fused-ring (bicyclic) bond motifs is 3. The van der Waals surface area contributed by atoms with Crippen LogP contribution in [0.3, 0.4) is 0 Å². The van der Waals surface area contributed by atoms with E-state index in [9.17, 15) is 9.59 Å². The Kier molecular flexibility index (Phi) is 7.55. The molecule has 1 N–H and O–H groups in total. The average Bonchev–Trinajstić information content (AvgIpc) is 3.64. The number of nitrogens with zero attached hydrogens (tertiary/aromatic N) is 2. The van der Waals surface area contributed by atoms with Gasteiger partial charge >= 0.3 is 6.09 Å². The Morgan fingerprint density at radius 3 is 2.42 bits per heavy atom. The lowest BCUT2D eigenvalue weighted by molar-refractivity contribution is 0.112. The molecule has 1 aromatic heterocycles. The first-order chi connectivity index (χ1) is 19.6. The standard InChI is InChI=1S/C33H31N3O3S/c1-22-17-25(36-15-6-7-16-36)18-24(31(22)40-32-23(20-37)9-8-14-34-32)19-35-33(38)39-21-30-28-12-4-2-10-26(28)27-11-3-5-13-29(27)30/h2-5,8-14,17-18,20,30H,6-7,15-16,19,21H2,1H3,(H,35,38). The summed E-state index contributed by atoms with van der Waals surface area (Å²) in [5, 5.41) is 3.64. The van der Waals surface area contributed by atoms with E-state index in [1.165, 1.54) is 46.9 Å². The van der Waals surface area contributed by atoms with Gasteiger partial charge in [0.05, 0.1) is 0 Å². The van der Waals surface area contributed by atoms with Gasteiger partial charge in [0.25, 0.3) is 0 Å². The van der Waals surface area contributed by atoms with E-state index in [1.807, 2.05) is 24.3 Å². The second-order valence-electron chi connectivity index (χ2n) is 10.2. The number of nitrogens with one attached hydrogen (secondary N) is 1. The molecule has 40 heavy (non-hydrogen) atoms. The minimum atomic E-state index is -0.451. The highest BCUT2D eigenvalue weighted by Gasteiger charge is 2.29. The Bertz CT molecular complexity index is 1520. The Morgan fingerprint density at radius 1 is 1.02 bits per heavy atom. The SMILES string of the molecule is Cc1cc(N2CCCC2)cc(CNC(=O)OCC2c3ccccc3-c3ccccc32)c1Sc1ncccc1C=O. The van der Waals surface area contributed by atoms with Gasteiger partial charge in [-0.05, 0) is 77.4 Å². The fourth-order valence-electron chi connectivity index (χ4n) is 5.75. The summed E-state index contributed by atoms with van der Waals surface area (Å²) in [5.41, 5.74) is 8.53. The van der Waals surface area contributed by atoms with Crippen LogP contribution in [0.1, 0.15) is 51.4 Å². The lowest BCUT2D eigenvalue weighted by Gasteiger charge is -2.22. The first kappa shape index (κ1) is 26.1. The third kappa shape index (κ3) is 5.21. The number of aromatic nitrogens is 1. The van der Waals surface area contributed by atoms with Crippen LogP contribution in [0.4, 0.5) is 10.5 Å². The molecular weight excluding hydrogens is 518 g/mol. The molecule has 202 valence electrons. The number of hydrogen-bond acceptors (Lipinski definition) is 6. The monoisotopic (exact) mass is 549 g/mol. The highest BCUT2D eigenvalue weighted by molar-refractivity contribution is 7.99. The van der Waals surface area contributed by atoms with Gasteiger partial charge in [0.15, 0.2) is 6.29 Å². The van der Waals surface area contributed by atoms with Crippen molar-refractivity contribution < 1.29 is 14.3 Å². The van der Waals surface area contributed by atoms with Gasteiger partial charge in [-0.25, -0.2) is 9.78 Å². The molecule has 1 saturated heterocycles. The van der Waals surface area contributed by atoms with Crippen molar-refractivity contribution in [2.24, 2.45) is 0 Å². The van der Waals surface area contributed by atoms with Crippen LogP contribution in [-0.2, 0) is 11.3 Å². The largest absolute Gasteiger partial charge is 0.449 e. The zero-order valence-electron chi connectivity index (χ0n) is 22.4. The summed E-state index contributed by atoms with van der Waals surface area (Å²) < 4.78 is 5.79. The van der Waals surface area contributed by atoms with Gasteiger partial charge in [0.1, 0.15) is 11.6 Å². The van der Waals surface area contributed by atoms with Crippen molar-refractivity contribution in [2.45, 2.75) is 42.1 Å². The maximum Gasteiger partial charge on any atom is 0.407 e. The summed E-state index contributed by atoms with van der Waals surface area (Å²) in [5.74, 6) is 0.0101. The highest BCUT2D eigenvalue weighted by atomic mass is 32.2. The summed E-state index contributed by atoms with van der Waals surface area (Å²) >= 11 is 1.46.